The molecule has 0 aliphatic rings. The van der Waals surface area contributed by atoms with Crippen molar-refractivity contribution in [3.8, 4) is 0 Å². The molecule has 0 aromatic carbocycles. The van der Waals surface area contributed by atoms with Crippen LogP contribution in [0.3, 0.4) is 0 Å². The van der Waals surface area contributed by atoms with Gasteiger partial charge in [-0.3, -0.25) is 4.79 Å². The Morgan fingerprint density at radius 3 is 1.58 bits per heavy atom. The first kappa shape index (κ1) is 24.4. The fourth-order valence-corrected chi connectivity index (χ4v) is 2.66. The minimum atomic E-state index is -0.743. The molecular weight excluding hydrogens is 320 g/mol. The van der Waals surface area contributed by atoms with E-state index in [0.29, 0.717) is 6.42 Å². The van der Waals surface area contributed by atoms with Crippen molar-refractivity contribution < 1.29 is 9.90 Å². The van der Waals surface area contributed by atoms with Crippen molar-refractivity contribution in [1.82, 2.24) is 0 Å². The Balaban J connectivity index is 3.31. The molecule has 2 nitrogen and oxygen atoms in total. The quantitative estimate of drug-likeness (QED) is 0.154. The number of carboxylic acid groups (broad SMARTS) is 1. The Morgan fingerprint density at radius 1 is 0.615 bits per heavy atom. The van der Waals surface area contributed by atoms with Gasteiger partial charge in [0.1, 0.15) is 0 Å². The van der Waals surface area contributed by atoms with Crippen LogP contribution in [0, 0.1) is 0 Å². The topological polar surface area (TPSA) is 37.3 Å². The third-order valence-electron chi connectivity index (χ3n) is 4.26. The van der Waals surface area contributed by atoms with E-state index in [1.807, 2.05) is 24.3 Å². The van der Waals surface area contributed by atoms with E-state index in [2.05, 4.69) is 31.2 Å². The summed E-state index contributed by atoms with van der Waals surface area (Å²) in [6.45, 7) is 2.26. The molecule has 0 heterocycles. The van der Waals surface area contributed by atoms with Crippen molar-refractivity contribution in [3.63, 3.8) is 0 Å². The van der Waals surface area contributed by atoms with Gasteiger partial charge < -0.3 is 5.11 Å². The van der Waals surface area contributed by atoms with Crippen LogP contribution in [0.4, 0.5) is 0 Å². The second-order valence-electron chi connectivity index (χ2n) is 6.84. The molecule has 26 heavy (non-hydrogen) atoms. The standard InChI is InChI=1S/C24H40O2/c1-2-3-4-5-6-7-8-9-10-11-12-13-14-15-16-17-18-19-20-21-22-23-24(25)26/h8-9,16-21H,2-7,10-15,22-23H2,1H3,(H,25,26)/b9-8+,17-16+,19-18+,21-20+. The summed E-state index contributed by atoms with van der Waals surface area (Å²) in [5, 5.41) is 8.51. The SMILES string of the molecule is CCCCCCC/C=C/CCCCCC/C=C/C=C/C=C/CCC(=O)O. The highest BCUT2D eigenvalue weighted by Gasteiger charge is 1.90. The van der Waals surface area contributed by atoms with E-state index >= 15 is 0 Å². The molecular formula is C24H40O2. The van der Waals surface area contributed by atoms with Crippen molar-refractivity contribution in [2.45, 2.75) is 96.8 Å². The Kier molecular flexibility index (Phi) is 20.2. The summed E-state index contributed by atoms with van der Waals surface area (Å²) in [5.41, 5.74) is 0. The molecule has 0 aromatic rings. The summed E-state index contributed by atoms with van der Waals surface area (Å²) < 4.78 is 0. The molecule has 0 spiro atoms. The molecule has 0 radical (unpaired) electrons. The van der Waals surface area contributed by atoms with E-state index in [1.165, 1.54) is 70.6 Å². The van der Waals surface area contributed by atoms with Gasteiger partial charge in [0.2, 0.25) is 0 Å². The number of carboxylic acids is 1. The first-order chi connectivity index (χ1) is 12.8. The van der Waals surface area contributed by atoms with Crippen LogP contribution in [0.15, 0.2) is 48.6 Å². The number of unbranched alkanes of at least 4 members (excludes halogenated alkanes) is 10. The number of carbonyl (C=O) groups is 1. The van der Waals surface area contributed by atoms with Crippen LogP contribution in [0.5, 0.6) is 0 Å². The normalized spacial score (nSPS) is 12.3. The molecule has 2 heteroatoms. The van der Waals surface area contributed by atoms with Crippen LogP contribution in [-0.2, 0) is 4.79 Å². The molecule has 148 valence electrons. The number of allylic oxidation sites excluding steroid dienone is 8. The lowest BCUT2D eigenvalue weighted by Crippen LogP contribution is -1.91. The first-order valence-corrected chi connectivity index (χ1v) is 10.6. The average molecular weight is 361 g/mol. The average Bonchev–Trinajstić information content (AvgIpc) is 2.62. The van der Waals surface area contributed by atoms with E-state index < -0.39 is 5.97 Å². The predicted molar refractivity (Wildman–Crippen MR) is 115 cm³/mol. The van der Waals surface area contributed by atoms with Crippen molar-refractivity contribution in [2.24, 2.45) is 0 Å². The summed E-state index contributed by atoms with van der Waals surface area (Å²) in [6.07, 6.45) is 33.3. The second kappa shape index (κ2) is 21.5. The molecule has 0 saturated heterocycles. The molecule has 0 rings (SSSR count). The highest BCUT2D eigenvalue weighted by Crippen LogP contribution is 2.08. The van der Waals surface area contributed by atoms with Gasteiger partial charge in [0.05, 0.1) is 0 Å². The monoisotopic (exact) mass is 360 g/mol. The van der Waals surface area contributed by atoms with Crippen LogP contribution < -0.4 is 0 Å². The zero-order chi connectivity index (χ0) is 19.1. The minimum Gasteiger partial charge on any atom is -0.481 e. The maximum absolute atomic E-state index is 10.3. The van der Waals surface area contributed by atoms with Crippen LogP contribution >= 0.6 is 0 Å². The smallest absolute Gasteiger partial charge is 0.303 e. The molecule has 0 aliphatic carbocycles. The highest BCUT2D eigenvalue weighted by molar-refractivity contribution is 5.66. The molecule has 0 atom stereocenters. The van der Waals surface area contributed by atoms with E-state index in [9.17, 15) is 4.79 Å². The summed E-state index contributed by atoms with van der Waals surface area (Å²) >= 11 is 0. The molecule has 0 aliphatic heterocycles. The Labute approximate surface area is 161 Å². The van der Waals surface area contributed by atoms with Crippen molar-refractivity contribution in [3.05, 3.63) is 48.6 Å². The molecule has 0 bridgehead atoms. The lowest BCUT2D eigenvalue weighted by Gasteiger charge is -1.98. The Bertz CT molecular complexity index is 416. The summed E-state index contributed by atoms with van der Waals surface area (Å²) in [7, 11) is 0. The van der Waals surface area contributed by atoms with Gasteiger partial charge >= 0.3 is 5.97 Å². The molecule has 0 amide bonds. The van der Waals surface area contributed by atoms with Gasteiger partial charge in [-0.15, -0.1) is 0 Å². The number of hydrogen-bond acceptors (Lipinski definition) is 1. The zero-order valence-electron chi connectivity index (χ0n) is 16.9. The van der Waals surface area contributed by atoms with E-state index in [0.717, 1.165) is 6.42 Å². The van der Waals surface area contributed by atoms with Gasteiger partial charge in [-0.1, -0.05) is 94.1 Å². The van der Waals surface area contributed by atoms with Gasteiger partial charge in [-0.25, -0.2) is 0 Å². The van der Waals surface area contributed by atoms with Gasteiger partial charge in [0.25, 0.3) is 0 Å². The van der Waals surface area contributed by atoms with Crippen LogP contribution in [0.1, 0.15) is 96.8 Å². The summed E-state index contributed by atoms with van der Waals surface area (Å²) in [5.74, 6) is -0.743. The summed E-state index contributed by atoms with van der Waals surface area (Å²) in [4.78, 5) is 10.3. The maximum Gasteiger partial charge on any atom is 0.303 e. The minimum absolute atomic E-state index is 0.203. The van der Waals surface area contributed by atoms with E-state index in [4.69, 9.17) is 5.11 Å². The van der Waals surface area contributed by atoms with Gasteiger partial charge in [0, 0.05) is 6.42 Å². The first-order valence-electron chi connectivity index (χ1n) is 10.6. The van der Waals surface area contributed by atoms with Crippen molar-refractivity contribution >= 4 is 5.97 Å². The molecule has 0 unspecified atom stereocenters. The fourth-order valence-electron chi connectivity index (χ4n) is 2.66. The molecule has 0 saturated carbocycles. The number of hydrogen-bond donors (Lipinski definition) is 1. The Hall–Kier alpha value is -1.57. The van der Waals surface area contributed by atoms with Crippen LogP contribution in [-0.4, -0.2) is 11.1 Å². The highest BCUT2D eigenvalue weighted by atomic mass is 16.4. The Morgan fingerprint density at radius 2 is 1.08 bits per heavy atom. The largest absolute Gasteiger partial charge is 0.481 e. The lowest BCUT2D eigenvalue weighted by atomic mass is 10.1. The third kappa shape index (κ3) is 22.4. The van der Waals surface area contributed by atoms with E-state index in [1.54, 1.807) is 0 Å². The van der Waals surface area contributed by atoms with Gasteiger partial charge in [-0.2, -0.15) is 0 Å². The summed E-state index contributed by atoms with van der Waals surface area (Å²) in [6, 6.07) is 0. The van der Waals surface area contributed by atoms with Crippen molar-refractivity contribution in [2.75, 3.05) is 0 Å². The second-order valence-corrected chi connectivity index (χ2v) is 6.84. The van der Waals surface area contributed by atoms with Crippen LogP contribution in [0.25, 0.3) is 0 Å². The predicted octanol–water partition coefficient (Wildman–Crippen LogP) is 7.78. The maximum atomic E-state index is 10.3. The van der Waals surface area contributed by atoms with Gasteiger partial charge in [-0.05, 0) is 44.9 Å². The molecule has 0 aromatic heterocycles. The van der Waals surface area contributed by atoms with Gasteiger partial charge in [0.15, 0.2) is 0 Å². The number of rotatable bonds is 18. The third-order valence-corrected chi connectivity index (χ3v) is 4.26. The van der Waals surface area contributed by atoms with Crippen molar-refractivity contribution in [1.29, 1.82) is 0 Å². The van der Waals surface area contributed by atoms with Crippen LogP contribution in [0.2, 0.25) is 0 Å². The number of aliphatic carboxylic acids is 1. The molecule has 1 N–H and O–H groups in total. The lowest BCUT2D eigenvalue weighted by molar-refractivity contribution is -0.136. The fraction of sp³-hybridized carbons (Fsp3) is 0.625. The zero-order valence-corrected chi connectivity index (χ0v) is 16.9. The molecule has 0 fully saturated rings. The van der Waals surface area contributed by atoms with E-state index in [-0.39, 0.29) is 6.42 Å².